The van der Waals surface area contributed by atoms with E-state index >= 15 is 0 Å². The van der Waals surface area contributed by atoms with Crippen LogP contribution in [0.15, 0.2) is 48.5 Å². The van der Waals surface area contributed by atoms with Crippen molar-refractivity contribution in [1.82, 2.24) is 5.32 Å². The fourth-order valence-electron chi connectivity index (χ4n) is 2.33. The van der Waals surface area contributed by atoms with Crippen molar-refractivity contribution in [2.24, 2.45) is 0 Å². The molecular weight excluding hydrogens is 357 g/mol. The third kappa shape index (κ3) is 5.34. The van der Waals surface area contributed by atoms with Gasteiger partial charge in [-0.3, -0.25) is 4.79 Å². The van der Waals surface area contributed by atoms with Gasteiger partial charge in [0.15, 0.2) is 36.3 Å². The topological polar surface area (TPSA) is 83.1 Å². The molecule has 0 saturated carbocycles. The van der Waals surface area contributed by atoms with Crippen molar-refractivity contribution in [3.63, 3.8) is 0 Å². The standard InChI is InChI=1S/C19H18FNO6/c20-14-5-1-2-6-15(14)25-12-19(23)26-11-18(22)21-9-13-10-24-16-7-3-4-8-17(16)27-13/h1-8,13H,9-12H2,(H,21,22)/t13-/m1/s1. The van der Waals surface area contributed by atoms with Gasteiger partial charge < -0.3 is 24.3 Å². The van der Waals surface area contributed by atoms with E-state index < -0.39 is 30.9 Å². The minimum absolute atomic E-state index is 0.0615. The SMILES string of the molecule is O=C(COC(=O)COc1ccccc1F)NC[C@@H]1COc2ccccc2O1. The lowest BCUT2D eigenvalue weighted by Crippen LogP contribution is -2.42. The molecule has 2 aromatic carbocycles. The van der Waals surface area contributed by atoms with Crippen LogP contribution in [0.3, 0.4) is 0 Å². The quantitative estimate of drug-likeness (QED) is 0.742. The van der Waals surface area contributed by atoms with Crippen molar-refractivity contribution in [1.29, 1.82) is 0 Å². The number of hydrogen-bond acceptors (Lipinski definition) is 6. The second kappa shape index (κ2) is 8.88. The Morgan fingerprint density at radius 2 is 1.81 bits per heavy atom. The molecule has 1 aliphatic heterocycles. The first-order valence-corrected chi connectivity index (χ1v) is 8.30. The van der Waals surface area contributed by atoms with Gasteiger partial charge in [-0.05, 0) is 24.3 Å². The van der Waals surface area contributed by atoms with Crippen LogP contribution in [0.4, 0.5) is 4.39 Å². The van der Waals surface area contributed by atoms with Crippen LogP contribution >= 0.6 is 0 Å². The maximum Gasteiger partial charge on any atom is 0.344 e. The lowest BCUT2D eigenvalue weighted by Gasteiger charge is -2.26. The molecule has 0 fully saturated rings. The van der Waals surface area contributed by atoms with Crippen LogP contribution in [0.2, 0.25) is 0 Å². The Bertz CT molecular complexity index is 812. The van der Waals surface area contributed by atoms with Crippen molar-refractivity contribution in [3.05, 3.63) is 54.3 Å². The van der Waals surface area contributed by atoms with Crippen LogP contribution in [0, 0.1) is 5.82 Å². The zero-order chi connectivity index (χ0) is 19.1. The van der Waals surface area contributed by atoms with E-state index in [1.165, 1.54) is 18.2 Å². The molecule has 0 spiro atoms. The largest absolute Gasteiger partial charge is 0.486 e. The number of halogens is 1. The average Bonchev–Trinajstić information content (AvgIpc) is 2.70. The van der Waals surface area contributed by atoms with E-state index in [0.717, 1.165) is 0 Å². The number of nitrogens with one attached hydrogen (secondary N) is 1. The number of benzene rings is 2. The summed E-state index contributed by atoms with van der Waals surface area (Å²) >= 11 is 0. The van der Waals surface area contributed by atoms with Gasteiger partial charge in [0.25, 0.3) is 5.91 Å². The van der Waals surface area contributed by atoms with Crippen molar-refractivity contribution in [3.8, 4) is 17.2 Å². The average molecular weight is 375 g/mol. The number of hydrogen-bond donors (Lipinski definition) is 1. The Morgan fingerprint density at radius 3 is 2.63 bits per heavy atom. The zero-order valence-electron chi connectivity index (χ0n) is 14.4. The first kappa shape index (κ1) is 18.5. The molecular formula is C19H18FNO6. The van der Waals surface area contributed by atoms with Crippen LogP contribution in [0.25, 0.3) is 0 Å². The van der Waals surface area contributed by atoms with E-state index in [4.69, 9.17) is 18.9 Å². The molecule has 1 aliphatic rings. The Balaban J connectivity index is 1.34. The van der Waals surface area contributed by atoms with Gasteiger partial charge in [0.1, 0.15) is 12.7 Å². The summed E-state index contributed by atoms with van der Waals surface area (Å²) in [6.45, 7) is -0.460. The molecule has 8 heteroatoms. The van der Waals surface area contributed by atoms with Gasteiger partial charge in [-0.1, -0.05) is 24.3 Å². The van der Waals surface area contributed by atoms with Crippen LogP contribution in [0.5, 0.6) is 17.2 Å². The van der Waals surface area contributed by atoms with Crippen LogP contribution in [-0.4, -0.2) is 44.3 Å². The molecule has 1 amide bonds. The predicted octanol–water partition coefficient (Wildman–Crippen LogP) is 1.70. The van der Waals surface area contributed by atoms with Gasteiger partial charge in [-0.2, -0.15) is 0 Å². The number of ether oxygens (including phenoxy) is 4. The first-order chi connectivity index (χ1) is 13.1. The van der Waals surface area contributed by atoms with Gasteiger partial charge in [-0.25, -0.2) is 9.18 Å². The molecule has 0 bridgehead atoms. The number of amides is 1. The molecule has 1 heterocycles. The van der Waals surface area contributed by atoms with E-state index in [1.807, 2.05) is 12.1 Å². The Labute approximate surface area is 155 Å². The summed E-state index contributed by atoms with van der Waals surface area (Å²) in [5.74, 6) is -0.646. The highest BCUT2D eigenvalue weighted by atomic mass is 19.1. The predicted molar refractivity (Wildman–Crippen MR) is 92.2 cm³/mol. The highest BCUT2D eigenvalue weighted by Gasteiger charge is 2.21. The lowest BCUT2D eigenvalue weighted by atomic mass is 10.2. The fraction of sp³-hybridized carbons (Fsp3) is 0.263. The summed E-state index contributed by atoms with van der Waals surface area (Å²) in [6.07, 6.45) is -0.344. The van der Waals surface area contributed by atoms with Gasteiger partial charge in [-0.15, -0.1) is 0 Å². The minimum Gasteiger partial charge on any atom is -0.486 e. The number of fused-ring (bicyclic) bond motifs is 1. The van der Waals surface area contributed by atoms with Gasteiger partial charge in [0, 0.05) is 0 Å². The maximum atomic E-state index is 13.4. The summed E-state index contributed by atoms with van der Waals surface area (Å²) < 4.78 is 34.4. The van der Waals surface area contributed by atoms with Crippen LogP contribution in [0.1, 0.15) is 0 Å². The summed E-state index contributed by atoms with van der Waals surface area (Å²) in [7, 11) is 0. The van der Waals surface area contributed by atoms with Crippen molar-refractivity contribution >= 4 is 11.9 Å². The van der Waals surface area contributed by atoms with Crippen molar-refractivity contribution < 1.29 is 32.9 Å². The molecule has 0 aromatic heterocycles. The number of rotatable bonds is 7. The van der Waals surface area contributed by atoms with Crippen molar-refractivity contribution in [2.45, 2.75) is 6.10 Å². The number of esters is 1. The maximum absolute atomic E-state index is 13.4. The second-order valence-corrected chi connectivity index (χ2v) is 5.68. The molecule has 2 aromatic rings. The number of carbonyl (C=O) groups excluding carboxylic acids is 2. The Morgan fingerprint density at radius 1 is 1.07 bits per heavy atom. The summed E-state index contributed by atoms with van der Waals surface area (Å²) in [5.41, 5.74) is 0. The molecule has 0 saturated heterocycles. The summed E-state index contributed by atoms with van der Waals surface area (Å²) in [4.78, 5) is 23.4. The smallest absolute Gasteiger partial charge is 0.344 e. The Hall–Kier alpha value is -3.29. The lowest BCUT2D eigenvalue weighted by molar-refractivity contribution is -0.150. The highest BCUT2D eigenvalue weighted by molar-refractivity contribution is 5.80. The van der Waals surface area contributed by atoms with Crippen molar-refractivity contribution in [2.75, 3.05) is 26.4 Å². The molecule has 7 nitrogen and oxygen atoms in total. The van der Waals surface area contributed by atoms with E-state index in [1.54, 1.807) is 18.2 Å². The molecule has 27 heavy (non-hydrogen) atoms. The number of carbonyl (C=O) groups is 2. The molecule has 0 unspecified atom stereocenters. The van der Waals surface area contributed by atoms with Gasteiger partial charge >= 0.3 is 5.97 Å². The minimum atomic E-state index is -0.778. The van der Waals surface area contributed by atoms with Crippen LogP contribution in [-0.2, 0) is 14.3 Å². The van der Waals surface area contributed by atoms with Crippen LogP contribution < -0.4 is 19.5 Å². The first-order valence-electron chi connectivity index (χ1n) is 8.30. The number of para-hydroxylation sites is 3. The van der Waals surface area contributed by atoms with E-state index in [9.17, 15) is 14.0 Å². The van der Waals surface area contributed by atoms with E-state index in [-0.39, 0.29) is 18.4 Å². The summed E-state index contributed by atoms with van der Waals surface area (Å²) in [5, 5.41) is 2.60. The fourth-order valence-corrected chi connectivity index (χ4v) is 2.33. The second-order valence-electron chi connectivity index (χ2n) is 5.68. The summed E-state index contributed by atoms with van der Waals surface area (Å²) in [6, 6.07) is 12.9. The van der Waals surface area contributed by atoms with Gasteiger partial charge in [0.2, 0.25) is 0 Å². The van der Waals surface area contributed by atoms with E-state index in [2.05, 4.69) is 5.32 Å². The van der Waals surface area contributed by atoms with E-state index in [0.29, 0.717) is 18.1 Å². The molecule has 142 valence electrons. The molecule has 1 N–H and O–H groups in total. The molecule has 1 atom stereocenters. The monoisotopic (exact) mass is 375 g/mol. The van der Waals surface area contributed by atoms with Gasteiger partial charge in [0.05, 0.1) is 6.54 Å². The zero-order valence-corrected chi connectivity index (χ0v) is 14.4. The third-order valence-electron chi connectivity index (χ3n) is 3.64. The normalized spacial score (nSPS) is 14.9. The third-order valence-corrected chi connectivity index (χ3v) is 3.64. The highest BCUT2D eigenvalue weighted by Crippen LogP contribution is 2.30. The molecule has 0 aliphatic carbocycles. The molecule has 3 rings (SSSR count). The molecule has 0 radical (unpaired) electrons. The Kier molecular flexibility index (Phi) is 6.09.